The topological polar surface area (TPSA) is 12.0 Å². The molecule has 0 spiro atoms. The van der Waals surface area contributed by atoms with Crippen LogP contribution in [-0.4, -0.2) is 6.54 Å². The van der Waals surface area contributed by atoms with Crippen LogP contribution in [0, 0.1) is 11.8 Å². The van der Waals surface area contributed by atoms with Crippen molar-refractivity contribution < 1.29 is 0 Å². The number of aryl methyl sites for hydroxylation is 2. The number of nitrogens with one attached hydrogen (secondary N) is 1. The van der Waals surface area contributed by atoms with Crippen LogP contribution in [0.4, 0.5) is 5.69 Å². The summed E-state index contributed by atoms with van der Waals surface area (Å²) in [6, 6.07) is 6.99. The van der Waals surface area contributed by atoms with Crippen molar-refractivity contribution in [2.45, 2.75) is 51.9 Å². The summed E-state index contributed by atoms with van der Waals surface area (Å²) < 4.78 is 0. The van der Waals surface area contributed by atoms with Gasteiger partial charge in [-0.1, -0.05) is 25.8 Å². The minimum absolute atomic E-state index is 0.891. The molecule has 98 valence electrons. The zero-order chi connectivity index (χ0) is 12.4. The van der Waals surface area contributed by atoms with Gasteiger partial charge in [0, 0.05) is 12.2 Å². The molecule has 0 aromatic heterocycles. The predicted octanol–water partition coefficient (Wildman–Crippen LogP) is 4.41. The lowest BCUT2D eigenvalue weighted by Gasteiger charge is -2.27. The molecule has 0 aliphatic heterocycles. The molecule has 3 rings (SSSR count). The van der Waals surface area contributed by atoms with Gasteiger partial charge in [0.15, 0.2) is 0 Å². The van der Waals surface area contributed by atoms with Crippen molar-refractivity contribution in [3.8, 4) is 0 Å². The summed E-state index contributed by atoms with van der Waals surface area (Å²) in [5.41, 5.74) is 4.50. The van der Waals surface area contributed by atoms with E-state index >= 15 is 0 Å². The predicted molar refractivity (Wildman–Crippen MR) is 78.1 cm³/mol. The van der Waals surface area contributed by atoms with Gasteiger partial charge < -0.3 is 5.32 Å². The van der Waals surface area contributed by atoms with Crippen LogP contribution in [0.15, 0.2) is 18.2 Å². The Labute approximate surface area is 111 Å². The maximum absolute atomic E-state index is 3.66. The van der Waals surface area contributed by atoms with Crippen molar-refractivity contribution in [3.05, 3.63) is 29.3 Å². The Hall–Kier alpha value is -0.980. The maximum Gasteiger partial charge on any atom is 0.0343 e. The van der Waals surface area contributed by atoms with Crippen molar-refractivity contribution in [1.29, 1.82) is 0 Å². The Morgan fingerprint density at radius 3 is 2.89 bits per heavy atom. The van der Waals surface area contributed by atoms with Gasteiger partial charge in [-0.3, -0.25) is 0 Å². The quantitative estimate of drug-likeness (QED) is 0.829. The van der Waals surface area contributed by atoms with Gasteiger partial charge in [-0.05, 0) is 67.2 Å². The van der Waals surface area contributed by atoms with Crippen molar-refractivity contribution in [2.75, 3.05) is 11.9 Å². The van der Waals surface area contributed by atoms with E-state index in [1.165, 1.54) is 57.2 Å². The molecule has 0 heterocycles. The largest absolute Gasteiger partial charge is 0.385 e. The SMILES string of the molecule is CC1CCCC(CNc2ccc3c(c2)CCC3)C1. The molecule has 0 bridgehead atoms. The number of fused-ring (bicyclic) bond motifs is 1. The zero-order valence-electron chi connectivity index (χ0n) is 11.5. The Balaban J connectivity index is 1.56. The van der Waals surface area contributed by atoms with Crippen LogP contribution < -0.4 is 5.32 Å². The van der Waals surface area contributed by atoms with Gasteiger partial charge in [0.1, 0.15) is 0 Å². The smallest absolute Gasteiger partial charge is 0.0343 e. The number of benzene rings is 1. The molecule has 1 aromatic rings. The highest BCUT2D eigenvalue weighted by Crippen LogP contribution is 2.29. The summed E-state index contributed by atoms with van der Waals surface area (Å²) in [7, 11) is 0. The summed E-state index contributed by atoms with van der Waals surface area (Å²) in [5, 5.41) is 3.66. The van der Waals surface area contributed by atoms with Crippen LogP contribution in [0.3, 0.4) is 0 Å². The van der Waals surface area contributed by atoms with Crippen molar-refractivity contribution in [2.24, 2.45) is 11.8 Å². The molecule has 1 heteroatoms. The summed E-state index contributed by atoms with van der Waals surface area (Å²) in [5.74, 6) is 1.83. The summed E-state index contributed by atoms with van der Waals surface area (Å²) in [6.45, 7) is 3.57. The highest BCUT2D eigenvalue weighted by Gasteiger charge is 2.18. The normalized spacial score (nSPS) is 26.9. The standard InChI is InChI=1S/C17H25N/c1-13-4-2-5-14(10-13)12-18-17-9-8-15-6-3-7-16(15)11-17/h8-9,11,13-14,18H,2-7,10,12H2,1H3. The van der Waals surface area contributed by atoms with E-state index in [0.29, 0.717) is 0 Å². The first-order valence-electron chi connectivity index (χ1n) is 7.67. The molecule has 0 radical (unpaired) electrons. The first-order chi connectivity index (χ1) is 8.81. The van der Waals surface area contributed by atoms with Gasteiger partial charge in [-0.15, -0.1) is 0 Å². The lowest BCUT2D eigenvalue weighted by atomic mass is 9.82. The molecule has 2 aliphatic rings. The summed E-state index contributed by atoms with van der Waals surface area (Å²) >= 11 is 0. The molecule has 1 nitrogen and oxygen atoms in total. The number of hydrogen-bond donors (Lipinski definition) is 1. The maximum atomic E-state index is 3.66. The fraction of sp³-hybridized carbons (Fsp3) is 0.647. The fourth-order valence-corrected chi connectivity index (χ4v) is 3.69. The Morgan fingerprint density at radius 1 is 1.11 bits per heavy atom. The van der Waals surface area contributed by atoms with Gasteiger partial charge in [-0.2, -0.15) is 0 Å². The number of rotatable bonds is 3. The highest BCUT2D eigenvalue weighted by atomic mass is 14.9. The van der Waals surface area contributed by atoms with Crippen LogP contribution >= 0.6 is 0 Å². The van der Waals surface area contributed by atoms with Crippen molar-refractivity contribution in [1.82, 2.24) is 0 Å². The third-order valence-electron chi connectivity index (χ3n) is 4.74. The Morgan fingerprint density at radius 2 is 2.00 bits per heavy atom. The van der Waals surface area contributed by atoms with Crippen LogP contribution in [0.25, 0.3) is 0 Å². The van der Waals surface area contributed by atoms with E-state index in [1.54, 1.807) is 11.1 Å². The number of anilines is 1. The van der Waals surface area contributed by atoms with Gasteiger partial charge in [-0.25, -0.2) is 0 Å². The molecular formula is C17H25N. The highest BCUT2D eigenvalue weighted by molar-refractivity contribution is 5.50. The third kappa shape index (κ3) is 2.71. The van der Waals surface area contributed by atoms with Crippen LogP contribution in [0.2, 0.25) is 0 Å². The Kier molecular flexibility index (Phi) is 3.58. The monoisotopic (exact) mass is 243 g/mol. The summed E-state index contributed by atoms with van der Waals surface area (Å²) in [4.78, 5) is 0. The van der Waals surface area contributed by atoms with E-state index in [9.17, 15) is 0 Å². The molecule has 0 amide bonds. The second-order valence-corrected chi connectivity index (χ2v) is 6.36. The van der Waals surface area contributed by atoms with Crippen LogP contribution in [-0.2, 0) is 12.8 Å². The average Bonchev–Trinajstić information content (AvgIpc) is 2.84. The third-order valence-corrected chi connectivity index (χ3v) is 4.74. The molecule has 2 atom stereocenters. The first-order valence-corrected chi connectivity index (χ1v) is 7.67. The fourth-order valence-electron chi connectivity index (χ4n) is 3.69. The van der Waals surface area contributed by atoms with E-state index in [4.69, 9.17) is 0 Å². The van der Waals surface area contributed by atoms with Gasteiger partial charge in [0.05, 0.1) is 0 Å². The van der Waals surface area contributed by atoms with E-state index in [2.05, 4.69) is 30.4 Å². The molecule has 2 aliphatic carbocycles. The molecule has 1 saturated carbocycles. The molecule has 18 heavy (non-hydrogen) atoms. The molecule has 0 saturated heterocycles. The van der Waals surface area contributed by atoms with Crippen molar-refractivity contribution >= 4 is 5.69 Å². The number of hydrogen-bond acceptors (Lipinski definition) is 1. The first kappa shape index (κ1) is 12.1. The minimum atomic E-state index is 0.891. The van der Waals surface area contributed by atoms with Crippen molar-refractivity contribution in [3.63, 3.8) is 0 Å². The van der Waals surface area contributed by atoms with Gasteiger partial charge in [0.2, 0.25) is 0 Å². The van der Waals surface area contributed by atoms with Gasteiger partial charge >= 0.3 is 0 Å². The molecular weight excluding hydrogens is 218 g/mol. The second-order valence-electron chi connectivity index (χ2n) is 6.36. The van der Waals surface area contributed by atoms with Gasteiger partial charge in [0.25, 0.3) is 0 Å². The molecule has 2 unspecified atom stereocenters. The average molecular weight is 243 g/mol. The second kappa shape index (κ2) is 5.34. The molecule has 1 N–H and O–H groups in total. The molecule has 1 fully saturated rings. The van der Waals surface area contributed by atoms with E-state index < -0.39 is 0 Å². The minimum Gasteiger partial charge on any atom is -0.385 e. The molecule has 1 aromatic carbocycles. The van der Waals surface area contributed by atoms with E-state index in [1.807, 2.05) is 0 Å². The lowest BCUT2D eigenvalue weighted by Crippen LogP contribution is -2.21. The van der Waals surface area contributed by atoms with E-state index in [-0.39, 0.29) is 0 Å². The Bertz CT molecular complexity index is 410. The summed E-state index contributed by atoms with van der Waals surface area (Å²) in [6.07, 6.45) is 9.62. The van der Waals surface area contributed by atoms with Crippen LogP contribution in [0.1, 0.15) is 50.2 Å². The lowest BCUT2D eigenvalue weighted by molar-refractivity contribution is 0.293. The van der Waals surface area contributed by atoms with Crippen LogP contribution in [0.5, 0.6) is 0 Å². The zero-order valence-corrected chi connectivity index (χ0v) is 11.5. The van der Waals surface area contributed by atoms with E-state index in [0.717, 1.165) is 11.8 Å².